The molecule has 25 heavy (non-hydrogen) atoms. The smallest absolute Gasteiger partial charge is 0.132 e. The van der Waals surface area contributed by atoms with Crippen LogP contribution in [-0.2, 0) is 11.8 Å². The van der Waals surface area contributed by atoms with Crippen LogP contribution in [0.5, 0.6) is 0 Å². The van der Waals surface area contributed by atoms with E-state index < -0.39 is 0 Å². The number of anilines is 1. The topological polar surface area (TPSA) is 59.3 Å². The van der Waals surface area contributed by atoms with Crippen molar-refractivity contribution < 1.29 is 4.74 Å². The Hall–Kier alpha value is -1.99. The van der Waals surface area contributed by atoms with Gasteiger partial charge in [-0.3, -0.25) is 9.58 Å². The van der Waals surface area contributed by atoms with Gasteiger partial charge in [-0.2, -0.15) is 5.10 Å². The molecule has 0 aliphatic carbocycles. The van der Waals surface area contributed by atoms with Gasteiger partial charge in [0.2, 0.25) is 0 Å². The number of nitrogens with zero attached hydrogens (tertiary/aromatic N) is 6. The van der Waals surface area contributed by atoms with Crippen LogP contribution in [0.25, 0.3) is 0 Å². The third kappa shape index (κ3) is 3.52. The molecule has 134 valence electrons. The number of rotatable bonds is 4. The summed E-state index contributed by atoms with van der Waals surface area (Å²) in [6.07, 6.45) is 5.01. The second-order valence-corrected chi connectivity index (χ2v) is 6.97. The van der Waals surface area contributed by atoms with Gasteiger partial charge >= 0.3 is 0 Å². The van der Waals surface area contributed by atoms with Crippen molar-refractivity contribution in [1.29, 1.82) is 0 Å². The van der Waals surface area contributed by atoms with Gasteiger partial charge in [-0.15, -0.1) is 0 Å². The Morgan fingerprint density at radius 2 is 2.00 bits per heavy atom. The minimum absolute atomic E-state index is 0.176. The second-order valence-electron chi connectivity index (χ2n) is 6.97. The molecule has 2 aromatic heterocycles. The molecule has 2 aliphatic rings. The molecule has 0 aromatic carbocycles. The molecule has 0 radical (unpaired) electrons. The Morgan fingerprint density at radius 3 is 2.72 bits per heavy atom. The average molecular weight is 342 g/mol. The summed E-state index contributed by atoms with van der Waals surface area (Å²) in [4.78, 5) is 13.7. The number of piperazine rings is 1. The normalized spacial score (nSPS) is 24.8. The summed E-state index contributed by atoms with van der Waals surface area (Å²) < 4.78 is 7.96. The van der Waals surface area contributed by atoms with Crippen molar-refractivity contribution in [3.8, 4) is 0 Å². The Balaban J connectivity index is 1.35. The molecule has 2 aliphatic heterocycles. The van der Waals surface area contributed by atoms with Crippen molar-refractivity contribution in [2.75, 3.05) is 44.2 Å². The molecule has 0 spiro atoms. The summed E-state index contributed by atoms with van der Waals surface area (Å²) in [6, 6.07) is 4.09. The summed E-state index contributed by atoms with van der Waals surface area (Å²) in [6.45, 7) is 8.04. The van der Waals surface area contributed by atoms with Crippen LogP contribution in [-0.4, -0.2) is 64.0 Å². The van der Waals surface area contributed by atoms with E-state index in [4.69, 9.17) is 4.74 Å². The van der Waals surface area contributed by atoms with Crippen LogP contribution in [0.1, 0.15) is 24.0 Å². The van der Waals surface area contributed by atoms with Crippen molar-refractivity contribution in [3.05, 3.63) is 36.0 Å². The fourth-order valence-electron chi connectivity index (χ4n) is 3.92. The van der Waals surface area contributed by atoms with E-state index in [0.717, 1.165) is 57.4 Å². The lowest BCUT2D eigenvalue weighted by atomic mass is 9.98. The van der Waals surface area contributed by atoms with Crippen molar-refractivity contribution >= 4 is 5.82 Å². The summed E-state index contributed by atoms with van der Waals surface area (Å²) in [5.74, 6) is 2.43. The molecule has 2 fully saturated rings. The SMILES string of the molecule is Cc1nccc(N2CCN(C[C@@H]3CCO[C@H]3c3ccnn3C)CC2)n1. The lowest BCUT2D eigenvalue weighted by molar-refractivity contribution is 0.0711. The maximum Gasteiger partial charge on any atom is 0.132 e. The molecule has 4 rings (SSSR count). The van der Waals surface area contributed by atoms with E-state index in [-0.39, 0.29) is 6.10 Å². The van der Waals surface area contributed by atoms with E-state index in [0.29, 0.717) is 5.92 Å². The van der Waals surface area contributed by atoms with Gasteiger partial charge in [-0.05, 0) is 25.5 Å². The van der Waals surface area contributed by atoms with Crippen molar-refractivity contribution in [2.24, 2.45) is 13.0 Å². The molecular weight excluding hydrogens is 316 g/mol. The maximum atomic E-state index is 6.02. The molecule has 2 aromatic rings. The average Bonchev–Trinajstić information content (AvgIpc) is 3.24. The zero-order chi connectivity index (χ0) is 17.2. The summed E-state index contributed by atoms with van der Waals surface area (Å²) in [5.41, 5.74) is 1.19. The van der Waals surface area contributed by atoms with Crippen LogP contribution >= 0.6 is 0 Å². The first kappa shape index (κ1) is 16.5. The van der Waals surface area contributed by atoms with Gasteiger partial charge in [-0.25, -0.2) is 9.97 Å². The third-order valence-electron chi connectivity index (χ3n) is 5.31. The zero-order valence-electron chi connectivity index (χ0n) is 15.0. The fourth-order valence-corrected chi connectivity index (χ4v) is 3.92. The fraction of sp³-hybridized carbons (Fsp3) is 0.611. The van der Waals surface area contributed by atoms with E-state index in [9.17, 15) is 0 Å². The Labute approximate surface area is 148 Å². The Morgan fingerprint density at radius 1 is 1.16 bits per heavy atom. The molecule has 0 amide bonds. The highest BCUT2D eigenvalue weighted by Crippen LogP contribution is 2.34. The van der Waals surface area contributed by atoms with E-state index in [1.807, 2.05) is 37.1 Å². The summed E-state index contributed by atoms with van der Waals surface area (Å²) in [7, 11) is 2.00. The molecular formula is C18H26N6O. The molecule has 0 bridgehead atoms. The van der Waals surface area contributed by atoms with Crippen LogP contribution in [0.15, 0.2) is 24.5 Å². The van der Waals surface area contributed by atoms with Crippen LogP contribution < -0.4 is 4.90 Å². The summed E-state index contributed by atoms with van der Waals surface area (Å²) >= 11 is 0. The molecule has 0 N–H and O–H groups in total. The van der Waals surface area contributed by atoms with E-state index >= 15 is 0 Å². The minimum Gasteiger partial charge on any atom is -0.372 e. The maximum absolute atomic E-state index is 6.02. The number of ether oxygens (including phenoxy) is 1. The molecule has 4 heterocycles. The van der Waals surface area contributed by atoms with Crippen molar-refractivity contribution in [2.45, 2.75) is 19.4 Å². The Bertz CT molecular complexity index is 709. The minimum atomic E-state index is 0.176. The number of aryl methyl sites for hydroxylation is 2. The van der Waals surface area contributed by atoms with Crippen LogP contribution in [0.2, 0.25) is 0 Å². The lowest BCUT2D eigenvalue weighted by Crippen LogP contribution is -2.48. The standard InChI is InChI=1S/C18H26N6O/c1-14-19-6-4-17(21-14)24-10-8-23(9-11-24)13-15-5-12-25-18(15)16-3-7-20-22(16)2/h3-4,6-7,15,18H,5,8-13H2,1-2H3/t15-,18+/m0/s1. The number of aromatic nitrogens is 4. The first-order valence-corrected chi connectivity index (χ1v) is 9.07. The summed E-state index contributed by atoms with van der Waals surface area (Å²) in [5, 5.41) is 4.30. The predicted octanol–water partition coefficient (Wildman–Crippen LogP) is 1.42. The van der Waals surface area contributed by atoms with Gasteiger partial charge in [0.1, 0.15) is 17.7 Å². The van der Waals surface area contributed by atoms with Crippen molar-refractivity contribution in [3.63, 3.8) is 0 Å². The van der Waals surface area contributed by atoms with E-state index in [1.165, 1.54) is 5.69 Å². The van der Waals surface area contributed by atoms with Gasteiger partial charge < -0.3 is 9.64 Å². The molecule has 0 saturated carbocycles. The molecule has 7 heteroatoms. The highest BCUT2D eigenvalue weighted by Gasteiger charge is 2.33. The largest absolute Gasteiger partial charge is 0.372 e. The van der Waals surface area contributed by atoms with Crippen LogP contribution in [0.4, 0.5) is 5.82 Å². The monoisotopic (exact) mass is 342 g/mol. The van der Waals surface area contributed by atoms with Crippen LogP contribution in [0.3, 0.4) is 0 Å². The highest BCUT2D eigenvalue weighted by atomic mass is 16.5. The molecule has 7 nitrogen and oxygen atoms in total. The first-order chi connectivity index (χ1) is 12.2. The van der Waals surface area contributed by atoms with Gasteiger partial charge in [0.25, 0.3) is 0 Å². The van der Waals surface area contributed by atoms with Gasteiger partial charge in [0.15, 0.2) is 0 Å². The van der Waals surface area contributed by atoms with E-state index in [2.05, 4.69) is 30.9 Å². The predicted molar refractivity (Wildman–Crippen MR) is 95.4 cm³/mol. The third-order valence-corrected chi connectivity index (χ3v) is 5.31. The molecule has 2 atom stereocenters. The van der Waals surface area contributed by atoms with Crippen molar-refractivity contribution in [1.82, 2.24) is 24.6 Å². The Kier molecular flexibility index (Phi) is 4.67. The quantitative estimate of drug-likeness (QED) is 0.837. The number of hydrogen-bond donors (Lipinski definition) is 0. The van der Waals surface area contributed by atoms with Gasteiger partial charge in [0, 0.05) is 64.7 Å². The molecule has 2 saturated heterocycles. The zero-order valence-corrected chi connectivity index (χ0v) is 15.0. The first-order valence-electron chi connectivity index (χ1n) is 9.07. The lowest BCUT2D eigenvalue weighted by Gasteiger charge is -2.37. The number of hydrogen-bond acceptors (Lipinski definition) is 6. The van der Waals surface area contributed by atoms with Crippen LogP contribution in [0, 0.1) is 12.8 Å². The molecule has 0 unspecified atom stereocenters. The second kappa shape index (κ2) is 7.09. The van der Waals surface area contributed by atoms with E-state index in [1.54, 1.807) is 0 Å². The van der Waals surface area contributed by atoms with Gasteiger partial charge in [0.05, 0.1) is 5.69 Å². The van der Waals surface area contributed by atoms with Gasteiger partial charge in [-0.1, -0.05) is 0 Å². The highest BCUT2D eigenvalue weighted by molar-refractivity contribution is 5.37.